The number of carbonyl (C=O) groups excluding carboxylic acids is 1. The number of amides is 1. The van der Waals surface area contributed by atoms with Crippen molar-refractivity contribution in [1.82, 2.24) is 4.90 Å². The number of rotatable bonds is 2. The van der Waals surface area contributed by atoms with Crippen molar-refractivity contribution in [3.05, 3.63) is 6.42 Å². The van der Waals surface area contributed by atoms with Crippen LogP contribution in [0.3, 0.4) is 0 Å². The van der Waals surface area contributed by atoms with Gasteiger partial charge in [-0.2, -0.15) is 0 Å². The molecular formula is C12H20NO3Y+2. The molecule has 3 unspecified atom stereocenters. The molecule has 0 radical (unpaired) electrons. The molecule has 0 aromatic carbocycles. The normalized spacial score (nSPS) is 33.6. The zero-order valence-corrected chi connectivity index (χ0v) is 13.8. The van der Waals surface area contributed by atoms with Crippen LogP contribution in [0.4, 0.5) is 0 Å². The van der Waals surface area contributed by atoms with E-state index < -0.39 is 5.79 Å². The molecule has 1 amide bonds. The summed E-state index contributed by atoms with van der Waals surface area (Å²) in [6.45, 7) is 6.58. The molecule has 5 heteroatoms. The Morgan fingerprint density at radius 3 is 2.59 bits per heavy atom. The maximum absolute atomic E-state index is 11.5. The summed E-state index contributed by atoms with van der Waals surface area (Å²) >= 11 is 0. The number of hydrogen-bond acceptors (Lipinski definition) is 3. The molecule has 2 saturated heterocycles. The van der Waals surface area contributed by atoms with E-state index in [0.29, 0.717) is 13.0 Å². The maximum Gasteiger partial charge on any atom is 3.00 e. The average Bonchev–Trinajstić information content (AvgIpc) is 2.71. The molecular weight excluding hydrogens is 295 g/mol. The van der Waals surface area contributed by atoms with Crippen molar-refractivity contribution in [3.8, 4) is 0 Å². The third-order valence-corrected chi connectivity index (χ3v) is 3.53. The van der Waals surface area contributed by atoms with Gasteiger partial charge in [0.1, 0.15) is 0 Å². The van der Waals surface area contributed by atoms with Gasteiger partial charge in [0.05, 0.1) is 12.7 Å². The van der Waals surface area contributed by atoms with Crippen molar-refractivity contribution in [2.75, 3.05) is 13.7 Å². The van der Waals surface area contributed by atoms with Gasteiger partial charge in [0, 0.05) is 7.05 Å². The van der Waals surface area contributed by atoms with Gasteiger partial charge in [0.15, 0.2) is 11.7 Å². The van der Waals surface area contributed by atoms with E-state index in [9.17, 15) is 4.79 Å². The molecule has 0 aromatic rings. The average molecular weight is 315 g/mol. The number of nitrogens with zero attached hydrogens (tertiary/aromatic N) is 1. The van der Waals surface area contributed by atoms with Gasteiger partial charge in [-0.25, -0.2) is 0 Å². The van der Waals surface area contributed by atoms with Gasteiger partial charge in [-0.15, -0.1) is 0 Å². The number of hydrogen-bond donors (Lipinski definition) is 0. The molecule has 2 heterocycles. The van der Waals surface area contributed by atoms with Crippen molar-refractivity contribution in [1.29, 1.82) is 0 Å². The first-order valence-electron chi connectivity index (χ1n) is 5.81. The first-order chi connectivity index (χ1) is 7.41. The predicted octanol–water partition coefficient (Wildman–Crippen LogP) is 1.21. The Morgan fingerprint density at radius 1 is 1.53 bits per heavy atom. The second-order valence-corrected chi connectivity index (χ2v) is 5.16. The van der Waals surface area contributed by atoms with Gasteiger partial charge in [-0.1, -0.05) is 19.4 Å². The summed E-state index contributed by atoms with van der Waals surface area (Å²) in [6.07, 6.45) is 2.69. The fourth-order valence-electron chi connectivity index (χ4n) is 2.45. The van der Waals surface area contributed by atoms with Gasteiger partial charge in [0.25, 0.3) is 0 Å². The summed E-state index contributed by atoms with van der Waals surface area (Å²) in [7, 11) is 1.86. The summed E-state index contributed by atoms with van der Waals surface area (Å²) in [5.74, 6) is -0.0200. The van der Waals surface area contributed by atoms with Crippen molar-refractivity contribution >= 4 is 5.91 Å². The zero-order valence-electron chi connectivity index (χ0n) is 11.0. The summed E-state index contributed by atoms with van der Waals surface area (Å²) in [5.41, 5.74) is 0. The molecule has 0 N–H and O–H groups in total. The van der Waals surface area contributed by atoms with Crippen LogP contribution >= 0.6 is 0 Å². The quantitative estimate of drug-likeness (QED) is 0.719. The second kappa shape index (κ2) is 5.64. The van der Waals surface area contributed by atoms with E-state index in [-0.39, 0.29) is 56.7 Å². The molecule has 0 spiro atoms. The third kappa shape index (κ3) is 3.28. The summed E-state index contributed by atoms with van der Waals surface area (Å²) in [5, 5.41) is 0. The summed E-state index contributed by atoms with van der Waals surface area (Å²) in [6, 6.07) is 0.176. The SMILES string of the molecule is CC(C1COC(C)(C)O1)C1[CH-]CC(=O)N1C.[Y+3]. The molecule has 0 saturated carbocycles. The number of likely N-dealkylation sites (tertiary alicyclic amines) is 1. The molecule has 2 rings (SSSR count). The van der Waals surface area contributed by atoms with E-state index in [4.69, 9.17) is 9.47 Å². The fraction of sp³-hybridized carbons (Fsp3) is 0.833. The van der Waals surface area contributed by atoms with Crippen LogP contribution in [0.5, 0.6) is 0 Å². The van der Waals surface area contributed by atoms with Crippen molar-refractivity contribution in [3.63, 3.8) is 0 Å². The van der Waals surface area contributed by atoms with Crippen LogP contribution in [0.1, 0.15) is 27.2 Å². The van der Waals surface area contributed by atoms with E-state index in [1.54, 1.807) is 4.90 Å². The smallest absolute Gasteiger partial charge is 0.374 e. The zero-order chi connectivity index (χ0) is 11.9. The van der Waals surface area contributed by atoms with Crippen LogP contribution in [0.25, 0.3) is 0 Å². The van der Waals surface area contributed by atoms with E-state index in [0.717, 1.165) is 0 Å². The van der Waals surface area contributed by atoms with Crippen molar-refractivity contribution in [2.24, 2.45) is 5.92 Å². The predicted molar refractivity (Wildman–Crippen MR) is 59.5 cm³/mol. The molecule has 3 atom stereocenters. The van der Waals surface area contributed by atoms with E-state index in [1.165, 1.54) is 0 Å². The first kappa shape index (κ1) is 15.6. The van der Waals surface area contributed by atoms with E-state index in [1.807, 2.05) is 20.9 Å². The van der Waals surface area contributed by atoms with Crippen LogP contribution in [-0.2, 0) is 47.0 Å². The molecule has 2 fully saturated rings. The molecule has 92 valence electrons. The monoisotopic (exact) mass is 315 g/mol. The van der Waals surface area contributed by atoms with Crippen molar-refractivity contribution < 1.29 is 47.0 Å². The minimum absolute atomic E-state index is 0. The van der Waals surface area contributed by atoms with E-state index in [2.05, 4.69) is 13.3 Å². The summed E-state index contributed by atoms with van der Waals surface area (Å²) in [4.78, 5) is 13.3. The Kier molecular flexibility index (Phi) is 5.16. The van der Waals surface area contributed by atoms with Gasteiger partial charge in [-0.3, -0.25) is 11.2 Å². The molecule has 4 nitrogen and oxygen atoms in total. The minimum Gasteiger partial charge on any atom is -0.374 e. The van der Waals surface area contributed by atoms with Gasteiger partial charge in [0.2, 0.25) is 0 Å². The molecule has 2 aliphatic rings. The van der Waals surface area contributed by atoms with Crippen LogP contribution in [-0.4, -0.2) is 42.4 Å². The third-order valence-electron chi connectivity index (χ3n) is 3.53. The van der Waals surface area contributed by atoms with Crippen LogP contribution < -0.4 is 0 Å². The maximum atomic E-state index is 11.5. The van der Waals surface area contributed by atoms with Crippen LogP contribution in [0, 0.1) is 12.3 Å². The molecule has 17 heavy (non-hydrogen) atoms. The largest absolute Gasteiger partial charge is 3.00 e. The van der Waals surface area contributed by atoms with Gasteiger partial charge in [-0.05, 0) is 19.8 Å². The molecule has 0 aromatic heterocycles. The Labute approximate surface area is 128 Å². The molecule has 0 bridgehead atoms. The van der Waals surface area contributed by atoms with Crippen LogP contribution in [0.2, 0.25) is 0 Å². The first-order valence-corrected chi connectivity index (χ1v) is 5.81. The molecule has 0 aliphatic carbocycles. The standard InChI is InChI=1S/C12H20NO3.Y/c1-8(9-5-6-11(14)13(9)4)10-7-15-12(2,3)16-10;/h5,8-10H,6-7H2,1-4H3;/q-1;+3. The van der Waals surface area contributed by atoms with Crippen LogP contribution in [0.15, 0.2) is 0 Å². The van der Waals surface area contributed by atoms with Gasteiger partial charge >= 0.3 is 32.7 Å². The summed E-state index contributed by atoms with van der Waals surface area (Å²) < 4.78 is 11.4. The minimum atomic E-state index is -0.486. The van der Waals surface area contributed by atoms with E-state index >= 15 is 0 Å². The molecule has 2 aliphatic heterocycles. The van der Waals surface area contributed by atoms with Gasteiger partial charge < -0.3 is 14.4 Å². The van der Waals surface area contributed by atoms with Crippen molar-refractivity contribution in [2.45, 2.75) is 45.1 Å². The topological polar surface area (TPSA) is 38.8 Å². The number of ether oxygens (including phenoxy) is 2. The fourth-order valence-corrected chi connectivity index (χ4v) is 2.45. The second-order valence-electron chi connectivity index (χ2n) is 5.16. The number of carbonyl (C=O) groups is 1. The Morgan fingerprint density at radius 2 is 2.18 bits per heavy atom. The Balaban J connectivity index is 0.00000144. The Bertz CT molecular complexity index is 295. The Hall–Kier alpha value is 0.494.